The largest absolute Gasteiger partial charge is 0.371 e. The average Bonchev–Trinajstić information content (AvgIpc) is 3.16. The number of nitrogens with zero attached hydrogens (tertiary/aromatic N) is 2. The van der Waals surface area contributed by atoms with Gasteiger partial charge in [0.2, 0.25) is 0 Å². The van der Waals surface area contributed by atoms with E-state index in [0.717, 1.165) is 30.1 Å². The molecule has 0 radical (unpaired) electrons. The van der Waals surface area contributed by atoms with Crippen LogP contribution < -0.4 is 10.6 Å². The van der Waals surface area contributed by atoms with E-state index in [1.807, 2.05) is 26.0 Å². The van der Waals surface area contributed by atoms with Crippen LogP contribution in [0.2, 0.25) is 0 Å². The molecule has 0 atom stereocenters. The summed E-state index contributed by atoms with van der Waals surface area (Å²) < 4.78 is 5.16. The number of anilines is 2. The molecule has 0 saturated heterocycles. The third kappa shape index (κ3) is 3.30. The van der Waals surface area contributed by atoms with Crippen LogP contribution in [0.5, 0.6) is 0 Å². The maximum absolute atomic E-state index is 5.16. The fourth-order valence-corrected chi connectivity index (χ4v) is 3.45. The molecule has 5 nitrogen and oxygen atoms in total. The predicted molar refractivity (Wildman–Crippen MR) is 98.5 cm³/mol. The first-order valence-electron chi connectivity index (χ1n) is 8.94. The van der Waals surface area contributed by atoms with Gasteiger partial charge in [0, 0.05) is 6.07 Å². The molecule has 24 heavy (non-hydrogen) atoms. The molecule has 2 heterocycles. The Balaban J connectivity index is 0.000000815. The second kappa shape index (κ2) is 7.51. The quantitative estimate of drug-likeness (QED) is 0.829. The van der Waals surface area contributed by atoms with Crippen LogP contribution >= 0.6 is 0 Å². The molecule has 2 aliphatic rings. The molecule has 1 fully saturated rings. The molecule has 1 aliphatic carbocycles. The van der Waals surface area contributed by atoms with Crippen LogP contribution in [0.3, 0.4) is 0 Å². The van der Waals surface area contributed by atoms with Gasteiger partial charge in [0.05, 0.1) is 23.1 Å². The molecule has 0 unspecified atom stereocenters. The minimum absolute atomic E-state index is 0.0629. The van der Waals surface area contributed by atoms with Gasteiger partial charge in [-0.15, -0.1) is 0 Å². The molecule has 1 aliphatic heterocycles. The molecule has 0 amide bonds. The number of hydrogen-bond donors (Lipinski definition) is 2. The fraction of sp³-hybridized carbons (Fsp3) is 0.474. The zero-order valence-electron chi connectivity index (χ0n) is 14.5. The molecule has 5 heteroatoms. The van der Waals surface area contributed by atoms with Crippen molar-refractivity contribution in [3.8, 4) is 0 Å². The number of para-hydroxylation sites is 2. The first-order valence-corrected chi connectivity index (χ1v) is 8.94. The smallest absolute Gasteiger partial charge is 0.158 e. The van der Waals surface area contributed by atoms with E-state index in [0.29, 0.717) is 6.54 Å². The molecule has 128 valence electrons. The third-order valence-electron chi connectivity index (χ3n) is 4.60. The van der Waals surface area contributed by atoms with E-state index in [1.165, 1.54) is 24.9 Å². The highest BCUT2D eigenvalue weighted by atomic mass is 16.5. The molecule has 1 saturated carbocycles. The van der Waals surface area contributed by atoms with Crippen LogP contribution in [-0.4, -0.2) is 16.5 Å². The normalized spacial score (nSPS) is 19.7. The second-order valence-corrected chi connectivity index (χ2v) is 6.08. The minimum Gasteiger partial charge on any atom is -0.371 e. The summed E-state index contributed by atoms with van der Waals surface area (Å²) in [5, 5.41) is 11.0. The maximum atomic E-state index is 5.16. The van der Waals surface area contributed by atoms with Crippen LogP contribution in [0.15, 0.2) is 46.0 Å². The molecular formula is C19H26N4O. The van der Waals surface area contributed by atoms with Gasteiger partial charge in [-0.1, -0.05) is 50.4 Å². The number of fused-ring (bicyclic) bond motifs is 1. The van der Waals surface area contributed by atoms with Crippen LogP contribution in [-0.2, 0) is 6.54 Å². The Bertz CT molecular complexity index is 672. The van der Waals surface area contributed by atoms with Crippen molar-refractivity contribution < 1.29 is 4.52 Å². The van der Waals surface area contributed by atoms with E-state index in [-0.39, 0.29) is 5.54 Å². The first kappa shape index (κ1) is 16.6. The highest BCUT2D eigenvalue weighted by Crippen LogP contribution is 2.39. The summed E-state index contributed by atoms with van der Waals surface area (Å²) in [6, 6.07) is 10.2. The number of benzene rings is 1. The summed E-state index contributed by atoms with van der Waals surface area (Å²) in [5.74, 6) is 1.82. The van der Waals surface area contributed by atoms with E-state index in [1.54, 1.807) is 6.20 Å². The van der Waals surface area contributed by atoms with Gasteiger partial charge in [-0.25, -0.2) is 0 Å². The number of rotatable bonds is 2. The van der Waals surface area contributed by atoms with E-state index in [4.69, 9.17) is 9.52 Å². The Morgan fingerprint density at radius 2 is 1.83 bits per heavy atom. The average molecular weight is 326 g/mol. The van der Waals surface area contributed by atoms with Crippen molar-refractivity contribution in [1.82, 2.24) is 5.16 Å². The number of amidine groups is 1. The van der Waals surface area contributed by atoms with Crippen LogP contribution in [0.25, 0.3) is 0 Å². The SMILES string of the molecule is CC.c1ccc2c(c1)NC(=NCc1ccno1)C1(CCCCC1)N2. The highest BCUT2D eigenvalue weighted by molar-refractivity contribution is 6.09. The maximum Gasteiger partial charge on any atom is 0.158 e. The molecule has 1 aromatic carbocycles. The van der Waals surface area contributed by atoms with Crippen molar-refractivity contribution in [1.29, 1.82) is 0 Å². The lowest BCUT2D eigenvalue weighted by molar-refractivity contribution is 0.382. The monoisotopic (exact) mass is 326 g/mol. The molecule has 1 spiro atoms. The van der Waals surface area contributed by atoms with Gasteiger partial charge in [0.25, 0.3) is 0 Å². The predicted octanol–water partition coefficient (Wildman–Crippen LogP) is 4.84. The lowest BCUT2D eigenvalue weighted by atomic mass is 9.79. The van der Waals surface area contributed by atoms with Gasteiger partial charge in [-0.05, 0) is 25.0 Å². The van der Waals surface area contributed by atoms with Crippen molar-refractivity contribution in [2.24, 2.45) is 4.99 Å². The summed E-state index contributed by atoms with van der Waals surface area (Å²) in [6.45, 7) is 4.52. The van der Waals surface area contributed by atoms with E-state index in [9.17, 15) is 0 Å². The first-order chi connectivity index (χ1) is 11.9. The Morgan fingerprint density at radius 3 is 2.54 bits per heavy atom. The molecule has 1 aromatic heterocycles. The standard InChI is InChI=1S/C17H20N4O.C2H6/c1-4-9-17(10-5-1)16(18-12-13-8-11-19-22-13)20-14-6-2-3-7-15(14)21-17;1-2/h2-3,6-8,11,21H,1,4-5,9-10,12H2,(H,18,20);1-2H3. The van der Waals surface area contributed by atoms with Crippen molar-refractivity contribution >= 4 is 17.2 Å². The number of nitrogens with one attached hydrogen (secondary N) is 2. The van der Waals surface area contributed by atoms with E-state index >= 15 is 0 Å². The molecule has 0 bridgehead atoms. The summed E-state index contributed by atoms with van der Waals surface area (Å²) in [6.07, 6.45) is 7.66. The number of hydrogen-bond acceptors (Lipinski definition) is 4. The molecular weight excluding hydrogens is 300 g/mol. The van der Waals surface area contributed by atoms with Gasteiger partial charge in [0.15, 0.2) is 5.76 Å². The van der Waals surface area contributed by atoms with Crippen LogP contribution in [0.4, 0.5) is 11.4 Å². The number of aromatic nitrogens is 1. The van der Waals surface area contributed by atoms with E-state index in [2.05, 4.69) is 34.0 Å². The van der Waals surface area contributed by atoms with Crippen molar-refractivity contribution in [2.75, 3.05) is 10.6 Å². The van der Waals surface area contributed by atoms with Crippen LogP contribution in [0.1, 0.15) is 51.7 Å². The molecule has 2 aromatic rings. The highest BCUT2D eigenvalue weighted by Gasteiger charge is 2.40. The Kier molecular flexibility index (Phi) is 5.18. The lowest BCUT2D eigenvalue weighted by Crippen LogP contribution is -2.53. The van der Waals surface area contributed by atoms with Crippen molar-refractivity contribution in [3.05, 3.63) is 42.3 Å². The third-order valence-corrected chi connectivity index (χ3v) is 4.60. The Morgan fingerprint density at radius 1 is 1.08 bits per heavy atom. The molecule has 4 rings (SSSR count). The summed E-state index contributed by atoms with van der Waals surface area (Å²) in [5.41, 5.74) is 2.20. The van der Waals surface area contributed by atoms with Gasteiger partial charge < -0.3 is 15.2 Å². The summed E-state index contributed by atoms with van der Waals surface area (Å²) >= 11 is 0. The van der Waals surface area contributed by atoms with Gasteiger partial charge in [-0.3, -0.25) is 4.99 Å². The minimum atomic E-state index is -0.0629. The van der Waals surface area contributed by atoms with Gasteiger partial charge in [0.1, 0.15) is 12.4 Å². The van der Waals surface area contributed by atoms with Crippen molar-refractivity contribution in [2.45, 2.75) is 58.0 Å². The van der Waals surface area contributed by atoms with Crippen molar-refractivity contribution in [3.63, 3.8) is 0 Å². The zero-order valence-corrected chi connectivity index (χ0v) is 14.5. The second-order valence-electron chi connectivity index (χ2n) is 6.08. The van der Waals surface area contributed by atoms with E-state index < -0.39 is 0 Å². The number of aliphatic imine (C=N–C) groups is 1. The van der Waals surface area contributed by atoms with Gasteiger partial charge >= 0.3 is 0 Å². The fourth-order valence-electron chi connectivity index (χ4n) is 3.45. The van der Waals surface area contributed by atoms with Gasteiger partial charge in [-0.2, -0.15) is 0 Å². The summed E-state index contributed by atoms with van der Waals surface area (Å²) in [4.78, 5) is 4.81. The Labute approximate surface area is 143 Å². The topological polar surface area (TPSA) is 62.5 Å². The molecule has 2 N–H and O–H groups in total. The zero-order chi connectivity index (χ0) is 16.8. The lowest BCUT2D eigenvalue weighted by Gasteiger charge is -2.44. The van der Waals surface area contributed by atoms with Crippen LogP contribution in [0, 0.1) is 0 Å². The summed E-state index contributed by atoms with van der Waals surface area (Å²) in [7, 11) is 0. The Hall–Kier alpha value is -2.30.